The highest BCUT2D eigenvalue weighted by atomic mass is 28.4. The van der Waals surface area contributed by atoms with Crippen molar-refractivity contribution in [3.63, 3.8) is 0 Å². The van der Waals surface area contributed by atoms with Crippen molar-refractivity contribution in [2.24, 2.45) is 0 Å². The maximum absolute atomic E-state index is 8.63. The van der Waals surface area contributed by atoms with Gasteiger partial charge in [-0.25, -0.2) is 0 Å². The van der Waals surface area contributed by atoms with E-state index in [-0.39, 0.29) is 0 Å². The second-order valence-corrected chi connectivity index (χ2v) is 9.65. The molecule has 0 aliphatic carbocycles. The molecule has 0 bridgehead atoms. The van der Waals surface area contributed by atoms with Crippen LogP contribution >= 0.6 is 0 Å². The van der Waals surface area contributed by atoms with Crippen molar-refractivity contribution in [3.8, 4) is 5.75 Å². The fraction of sp³-hybridized carbons (Fsp3) is 0.682. The summed E-state index contributed by atoms with van der Waals surface area (Å²) in [6, 6.07) is 9.65. The van der Waals surface area contributed by atoms with Crippen molar-refractivity contribution < 1.29 is 23.2 Å². The van der Waals surface area contributed by atoms with Gasteiger partial charge < -0.3 is 23.2 Å². The van der Waals surface area contributed by atoms with Crippen LogP contribution in [0.4, 0.5) is 0 Å². The summed E-state index contributed by atoms with van der Waals surface area (Å²) in [6.07, 6.45) is 13.5. The number of rotatable bonds is 14. The molecule has 0 aromatic heterocycles. The SMILES string of the molecule is C=O.CCCCCCCCCCCC[Si](OC)(OC)OC.Oc1ccccc1. The van der Waals surface area contributed by atoms with E-state index < -0.39 is 8.80 Å². The van der Waals surface area contributed by atoms with Crippen LogP contribution in [-0.4, -0.2) is 42.0 Å². The number of carbonyl (C=O) groups is 1. The van der Waals surface area contributed by atoms with Crippen LogP contribution < -0.4 is 0 Å². The average molecular weight is 415 g/mol. The van der Waals surface area contributed by atoms with E-state index in [9.17, 15) is 0 Å². The number of phenolic OH excluding ortho intramolecular Hbond substituents is 1. The van der Waals surface area contributed by atoms with Gasteiger partial charge in [-0.1, -0.05) is 82.9 Å². The van der Waals surface area contributed by atoms with Crippen LogP contribution in [0.5, 0.6) is 5.75 Å². The molecule has 1 rings (SSSR count). The number of aromatic hydroxyl groups is 1. The van der Waals surface area contributed by atoms with Crippen molar-refractivity contribution in [2.45, 2.75) is 77.2 Å². The van der Waals surface area contributed by atoms with Crippen LogP contribution in [0, 0.1) is 0 Å². The third-order valence-corrected chi connectivity index (χ3v) is 7.36. The summed E-state index contributed by atoms with van der Waals surface area (Å²) in [5.74, 6) is 0.322. The van der Waals surface area contributed by atoms with E-state index in [1.165, 1.54) is 57.8 Å². The standard InChI is InChI=1S/C15H34O3Si.C6H6O.CH2O/c1-5-6-7-8-9-10-11-12-13-14-15-19(16-2,17-3)18-4;7-6-4-2-1-3-5-6;1-2/h5-15H2,1-4H3;1-5,7H;1H2. The largest absolute Gasteiger partial charge is 0.508 e. The van der Waals surface area contributed by atoms with Crippen molar-refractivity contribution >= 4 is 15.6 Å². The van der Waals surface area contributed by atoms with Crippen molar-refractivity contribution in [1.29, 1.82) is 0 Å². The lowest BCUT2D eigenvalue weighted by molar-refractivity contribution is -0.0980. The molecule has 0 heterocycles. The van der Waals surface area contributed by atoms with Gasteiger partial charge in [0.2, 0.25) is 0 Å². The molecule has 0 spiro atoms. The Morgan fingerprint density at radius 3 is 1.46 bits per heavy atom. The molecule has 0 saturated carbocycles. The van der Waals surface area contributed by atoms with Crippen LogP contribution in [0.3, 0.4) is 0 Å². The number of hydrogen-bond acceptors (Lipinski definition) is 5. The highest BCUT2D eigenvalue weighted by molar-refractivity contribution is 6.60. The van der Waals surface area contributed by atoms with Crippen molar-refractivity contribution in [1.82, 2.24) is 0 Å². The predicted molar refractivity (Wildman–Crippen MR) is 119 cm³/mol. The molecule has 5 nitrogen and oxygen atoms in total. The number of phenols is 1. The summed E-state index contributed by atoms with van der Waals surface area (Å²) in [7, 11) is 2.76. The number of hydrogen-bond donors (Lipinski definition) is 1. The molecule has 1 aromatic carbocycles. The number of unbranched alkanes of at least 4 members (excludes halogenated alkanes) is 9. The van der Waals surface area contributed by atoms with E-state index in [0.29, 0.717) is 5.75 Å². The maximum Gasteiger partial charge on any atom is 0.500 e. The minimum atomic E-state index is -2.31. The first-order valence-electron chi connectivity index (χ1n) is 10.3. The van der Waals surface area contributed by atoms with Gasteiger partial charge in [-0.05, 0) is 18.6 Å². The number of carbonyl (C=O) groups excluding carboxylic acids is 1. The van der Waals surface area contributed by atoms with Gasteiger partial charge in [-0.15, -0.1) is 0 Å². The minimum Gasteiger partial charge on any atom is -0.508 e. The first kappa shape index (κ1) is 29.0. The van der Waals surface area contributed by atoms with Gasteiger partial charge in [0.1, 0.15) is 12.5 Å². The van der Waals surface area contributed by atoms with Crippen LogP contribution in [0.1, 0.15) is 71.1 Å². The van der Waals surface area contributed by atoms with Crippen LogP contribution in [-0.2, 0) is 18.1 Å². The monoisotopic (exact) mass is 414 g/mol. The fourth-order valence-electron chi connectivity index (χ4n) is 2.81. The molecule has 0 aliphatic rings. The van der Waals surface area contributed by atoms with E-state index in [1.807, 2.05) is 12.9 Å². The smallest absolute Gasteiger partial charge is 0.500 e. The van der Waals surface area contributed by atoms with Gasteiger partial charge in [-0.2, -0.15) is 0 Å². The van der Waals surface area contributed by atoms with E-state index >= 15 is 0 Å². The molecule has 6 heteroatoms. The third-order valence-electron chi connectivity index (χ3n) is 4.53. The first-order valence-corrected chi connectivity index (χ1v) is 12.3. The Hall–Kier alpha value is -1.21. The number of benzene rings is 1. The van der Waals surface area contributed by atoms with E-state index in [0.717, 1.165) is 12.5 Å². The van der Waals surface area contributed by atoms with E-state index in [1.54, 1.807) is 45.6 Å². The highest BCUT2D eigenvalue weighted by Gasteiger charge is 2.36. The minimum absolute atomic E-state index is 0.322. The summed E-state index contributed by atoms with van der Waals surface area (Å²) in [6.45, 7) is 4.27. The summed E-state index contributed by atoms with van der Waals surface area (Å²) in [5.41, 5.74) is 0. The average Bonchev–Trinajstić information content (AvgIpc) is 2.75. The third kappa shape index (κ3) is 16.9. The fourth-order valence-corrected chi connectivity index (χ4v) is 4.61. The Kier molecular flexibility index (Phi) is 22.9. The van der Waals surface area contributed by atoms with E-state index in [4.69, 9.17) is 23.2 Å². The molecule has 0 unspecified atom stereocenters. The lowest BCUT2D eigenvalue weighted by atomic mass is 10.1. The molecule has 0 aliphatic heterocycles. The lowest BCUT2D eigenvalue weighted by Gasteiger charge is -2.24. The van der Waals surface area contributed by atoms with Crippen LogP contribution in [0.25, 0.3) is 0 Å². The quantitative estimate of drug-likeness (QED) is 0.299. The molecule has 1 N–H and O–H groups in total. The van der Waals surface area contributed by atoms with Crippen molar-refractivity contribution in [3.05, 3.63) is 30.3 Å². The molecule has 0 radical (unpaired) electrons. The Balaban J connectivity index is 0. The van der Waals surface area contributed by atoms with Gasteiger partial charge in [0.25, 0.3) is 0 Å². The maximum atomic E-state index is 8.63. The summed E-state index contributed by atoms with van der Waals surface area (Å²) in [5, 5.41) is 8.63. The first-order chi connectivity index (χ1) is 13.6. The molecular weight excluding hydrogens is 372 g/mol. The zero-order valence-electron chi connectivity index (χ0n) is 18.5. The van der Waals surface area contributed by atoms with Gasteiger partial charge in [0.05, 0.1) is 0 Å². The van der Waals surface area contributed by atoms with Crippen LogP contribution in [0.2, 0.25) is 6.04 Å². The Labute approximate surface area is 173 Å². The van der Waals surface area contributed by atoms with Crippen LogP contribution in [0.15, 0.2) is 30.3 Å². The number of para-hydroxylation sites is 1. The molecule has 0 amide bonds. The molecule has 0 fully saturated rings. The van der Waals surface area contributed by atoms with Gasteiger partial charge in [-0.3, -0.25) is 0 Å². The zero-order valence-corrected chi connectivity index (χ0v) is 19.5. The molecule has 0 saturated heterocycles. The molecule has 1 aromatic rings. The van der Waals surface area contributed by atoms with Gasteiger partial charge in [0, 0.05) is 27.4 Å². The van der Waals surface area contributed by atoms with Crippen molar-refractivity contribution in [2.75, 3.05) is 21.3 Å². The lowest BCUT2D eigenvalue weighted by Crippen LogP contribution is -2.42. The zero-order chi connectivity index (χ0) is 21.5. The molecule has 28 heavy (non-hydrogen) atoms. The second-order valence-electron chi connectivity index (χ2n) is 6.56. The summed E-state index contributed by atoms with van der Waals surface area (Å²) in [4.78, 5) is 8.00. The van der Waals surface area contributed by atoms with E-state index in [2.05, 4.69) is 6.92 Å². The molecule has 164 valence electrons. The Morgan fingerprint density at radius 1 is 0.750 bits per heavy atom. The highest BCUT2D eigenvalue weighted by Crippen LogP contribution is 2.18. The summed E-state index contributed by atoms with van der Waals surface area (Å²) >= 11 is 0. The van der Waals surface area contributed by atoms with Gasteiger partial charge in [0.15, 0.2) is 0 Å². The Morgan fingerprint density at radius 2 is 1.14 bits per heavy atom. The molecular formula is C22H42O5Si. The second kappa shape index (κ2) is 22.1. The summed E-state index contributed by atoms with van der Waals surface area (Å²) < 4.78 is 16.2. The topological polar surface area (TPSA) is 65.0 Å². The Bertz CT molecular complexity index is 404. The predicted octanol–water partition coefficient (Wildman–Crippen LogP) is 5.99. The van der Waals surface area contributed by atoms with Gasteiger partial charge >= 0.3 is 8.80 Å². The normalized spacial score (nSPS) is 10.4. The molecule has 0 atom stereocenters.